The van der Waals surface area contributed by atoms with Gasteiger partial charge >= 0.3 is 0 Å². The van der Waals surface area contributed by atoms with E-state index in [4.69, 9.17) is 14.1 Å². The molecule has 0 saturated carbocycles. The van der Waals surface area contributed by atoms with Crippen molar-refractivity contribution >= 4 is 11.8 Å². The van der Waals surface area contributed by atoms with Gasteiger partial charge in [0.05, 0.1) is 24.2 Å². The summed E-state index contributed by atoms with van der Waals surface area (Å²) in [6.07, 6.45) is 2.88. The largest absolute Gasteiger partial charge is 0.415 e. The molecule has 1 fully saturated rings. The molecule has 2 aromatic carbocycles. The van der Waals surface area contributed by atoms with Gasteiger partial charge in [-0.15, -0.1) is 22.0 Å². The number of hydrogen-bond acceptors (Lipinski definition) is 8. The number of nitrogens with one attached hydrogen (secondary N) is 1. The first kappa shape index (κ1) is 21.8. The molecule has 168 valence electrons. The molecule has 0 aliphatic carbocycles. The van der Waals surface area contributed by atoms with Crippen molar-refractivity contribution in [3.05, 3.63) is 66.0 Å². The van der Waals surface area contributed by atoms with Gasteiger partial charge in [-0.2, -0.15) is 0 Å². The highest BCUT2D eigenvalue weighted by molar-refractivity contribution is 8.00. The molecule has 33 heavy (non-hydrogen) atoms. The lowest BCUT2D eigenvalue weighted by atomic mass is 10.1. The third-order valence-corrected chi connectivity index (χ3v) is 6.75. The molecule has 0 spiro atoms. The smallest absolute Gasteiger partial charge is 0.268 e. The van der Waals surface area contributed by atoms with Crippen molar-refractivity contribution < 1.29 is 9.15 Å². The minimum Gasteiger partial charge on any atom is -0.415 e. The van der Waals surface area contributed by atoms with E-state index in [2.05, 4.69) is 44.8 Å². The first-order chi connectivity index (χ1) is 16.2. The zero-order valence-corrected chi connectivity index (χ0v) is 19.4. The van der Waals surface area contributed by atoms with Crippen LogP contribution in [0.15, 0.2) is 64.0 Å². The average molecular weight is 460 g/mol. The summed E-state index contributed by atoms with van der Waals surface area (Å²) >= 11 is 1.86. The van der Waals surface area contributed by atoms with Crippen molar-refractivity contribution in [3.63, 3.8) is 0 Å². The molecule has 8 heteroatoms. The van der Waals surface area contributed by atoms with Gasteiger partial charge in [0.2, 0.25) is 5.89 Å². The van der Waals surface area contributed by atoms with E-state index in [9.17, 15) is 0 Å². The zero-order chi connectivity index (χ0) is 22.6. The van der Waals surface area contributed by atoms with Crippen LogP contribution in [0.3, 0.4) is 0 Å². The molecule has 2 aromatic heterocycles. The van der Waals surface area contributed by atoms with Gasteiger partial charge in [-0.3, -0.25) is 4.98 Å². The van der Waals surface area contributed by atoms with Gasteiger partial charge in [-0.05, 0) is 50.2 Å². The number of thioether (sulfide) groups is 1. The van der Waals surface area contributed by atoms with Crippen LogP contribution in [0.2, 0.25) is 0 Å². The highest BCUT2D eigenvalue weighted by Crippen LogP contribution is 2.31. The van der Waals surface area contributed by atoms with Crippen LogP contribution < -0.4 is 5.32 Å². The molecule has 0 bridgehead atoms. The maximum absolute atomic E-state index is 5.97. The predicted molar refractivity (Wildman–Crippen MR) is 129 cm³/mol. The van der Waals surface area contributed by atoms with E-state index in [1.165, 1.54) is 10.5 Å². The monoisotopic (exact) mass is 459 g/mol. The van der Waals surface area contributed by atoms with Crippen molar-refractivity contribution in [2.75, 3.05) is 20.3 Å². The molecule has 4 aromatic rings. The Bertz CT molecular complexity index is 1220. The summed E-state index contributed by atoms with van der Waals surface area (Å²) in [6, 6.07) is 16.5. The van der Waals surface area contributed by atoms with Crippen LogP contribution >= 0.6 is 11.8 Å². The van der Waals surface area contributed by atoms with Gasteiger partial charge in [0, 0.05) is 34.4 Å². The molecule has 1 saturated heterocycles. The van der Waals surface area contributed by atoms with E-state index < -0.39 is 0 Å². The maximum atomic E-state index is 5.97. The second-order valence-corrected chi connectivity index (χ2v) is 9.33. The van der Waals surface area contributed by atoms with Gasteiger partial charge < -0.3 is 14.5 Å². The highest BCUT2D eigenvalue weighted by Gasteiger charge is 2.18. The molecule has 0 radical (unpaired) electrons. The summed E-state index contributed by atoms with van der Waals surface area (Å²) in [5.41, 5.74) is 5.17. The standard InChI is InChI=1S/C25H25N5O2S/c1-16-23(25-30-29-24(32-25)19-5-3-17(4-6-19)13-26-2)28-22(14-27-16)18-7-9-20(10-8-18)33-21-11-12-31-15-21/h3-10,14,21,26H,11-13,15H2,1-2H3. The number of rotatable bonds is 7. The lowest BCUT2D eigenvalue weighted by Crippen LogP contribution is -2.04. The van der Waals surface area contributed by atoms with E-state index in [-0.39, 0.29) is 0 Å². The van der Waals surface area contributed by atoms with Gasteiger partial charge in [-0.25, -0.2) is 4.98 Å². The molecule has 1 unspecified atom stereocenters. The molecule has 1 aliphatic rings. The van der Waals surface area contributed by atoms with Gasteiger partial charge in [0.25, 0.3) is 5.89 Å². The van der Waals surface area contributed by atoms with E-state index >= 15 is 0 Å². The lowest BCUT2D eigenvalue weighted by molar-refractivity contribution is 0.199. The number of aromatic nitrogens is 4. The van der Waals surface area contributed by atoms with E-state index in [0.29, 0.717) is 22.7 Å². The van der Waals surface area contributed by atoms with Crippen LogP contribution in [0.4, 0.5) is 0 Å². The third kappa shape index (κ3) is 4.98. The normalized spacial score (nSPS) is 15.8. The van der Waals surface area contributed by atoms with Gasteiger partial charge in [0.1, 0.15) is 5.69 Å². The number of benzene rings is 2. The van der Waals surface area contributed by atoms with Crippen LogP contribution in [-0.2, 0) is 11.3 Å². The van der Waals surface area contributed by atoms with Crippen molar-refractivity contribution in [1.29, 1.82) is 0 Å². The van der Waals surface area contributed by atoms with Gasteiger partial charge in [0.15, 0.2) is 0 Å². The third-order valence-electron chi connectivity index (χ3n) is 5.51. The Hall–Kier alpha value is -3.07. The van der Waals surface area contributed by atoms with Crippen LogP contribution in [0.25, 0.3) is 34.3 Å². The second kappa shape index (κ2) is 9.82. The summed E-state index contributed by atoms with van der Waals surface area (Å²) in [5.74, 6) is 0.828. The Morgan fingerprint density at radius 2 is 1.76 bits per heavy atom. The quantitative estimate of drug-likeness (QED) is 0.423. The maximum Gasteiger partial charge on any atom is 0.268 e. The van der Waals surface area contributed by atoms with Crippen LogP contribution in [0.1, 0.15) is 17.7 Å². The molecule has 0 amide bonds. The molecule has 1 N–H and O–H groups in total. The fourth-order valence-corrected chi connectivity index (χ4v) is 4.75. The second-order valence-electron chi connectivity index (χ2n) is 7.96. The number of nitrogens with zero attached hydrogens (tertiary/aromatic N) is 4. The van der Waals surface area contributed by atoms with E-state index in [1.54, 1.807) is 6.20 Å². The fourth-order valence-electron chi connectivity index (χ4n) is 3.70. The number of aryl methyl sites for hydroxylation is 1. The van der Waals surface area contributed by atoms with Crippen LogP contribution in [0, 0.1) is 6.92 Å². The summed E-state index contributed by atoms with van der Waals surface area (Å²) in [5, 5.41) is 12.1. The molecular weight excluding hydrogens is 434 g/mol. The minimum absolute atomic E-state index is 0.365. The van der Waals surface area contributed by atoms with Crippen LogP contribution in [0.5, 0.6) is 0 Å². The van der Waals surface area contributed by atoms with Crippen molar-refractivity contribution in [2.24, 2.45) is 0 Å². The number of hydrogen-bond donors (Lipinski definition) is 1. The zero-order valence-electron chi connectivity index (χ0n) is 18.6. The SMILES string of the molecule is CNCc1ccc(-c2nnc(-c3nc(-c4ccc(SC5CCOC5)cc4)cnc3C)o2)cc1. The fraction of sp³-hybridized carbons (Fsp3) is 0.280. The molecule has 1 aliphatic heterocycles. The van der Waals surface area contributed by atoms with Crippen molar-refractivity contribution in [3.8, 4) is 34.3 Å². The van der Waals surface area contributed by atoms with E-state index in [0.717, 1.165) is 48.7 Å². The predicted octanol–water partition coefficient (Wildman–Crippen LogP) is 4.77. The first-order valence-corrected chi connectivity index (χ1v) is 11.8. The number of ether oxygens (including phenoxy) is 1. The van der Waals surface area contributed by atoms with E-state index in [1.807, 2.05) is 50.0 Å². The topological polar surface area (TPSA) is 86.0 Å². The molecule has 3 heterocycles. The molecular formula is C25H25N5O2S. The minimum atomic E-state index is 0.365. The summed E-state index contributed by atoms with van der Waals surface area (Å²) < 4.78 is 11.4. The highest BCUT2D eigenvalue weighted by atomic mass is 32.2. The summed E-state index contributed by atoms with van der Waals surface area (Å²) in [7, 11) is 1.93. The van der Waals surface area contributed by atoms with Gasteiger partial charge in [-0.1, -0.05) is 24.3 Å². The Balaban J connectivity index is 1.37. The molecule has 7 nitrogen and oxygen atoms in total. The Morgan fingerprint density at radius 3 is 2.48 bits per heavy atom. The Labute approximate surface area is 197 Å². The average Bonchev–Trinajstić information content (AvgIpc) is 3.53. The Morgan fingerprint density at radius 1 is 1.00 bits per heavy atom. The first-order valence-electron chi connectivity index (χ1n) is 11.0. The summed E-state index contributed by atoms with van der Waals surface area (Å²) in [6.45, 7) is 4.39. The summed E-state index contributed by atoms with van der Waals surface area (Å²) in [4.78, 5) is 10.6. The van der Waals surface area contributed by atoms with Crippen molar-refractivity contribution in [2.45, 2.75) is 30.0 Å². The van der Waals surface area contributed by atoms with Crippen molar-refractivity contribution in [1.82, 2.24) is 25.5 Å². The molecule has 5 rings (SSSR count). The van der Waals surface area contributed by atoms with Crippen LogP contribution in [-0.4, -0.2) is 45.7 Å². The molecule has 1 atom stereocenters. The Kier molecular flexibility index (Phi) is 6.48. The lowest BCUT2D eigenvalue weighted by Gasteiger charge is -2.08.